The second-order valence-electron chi connectivity index (χ2n) is 6.98. The number of benzene rings is 1. The van der Waals surface area contributed by atoms with Crippen LogP contribution in [0, 0.1) is 5.92 Å². The van der Waals surface area contributed by atoms with Gasteiger partial charge in [-0.2, -0.15) is 0 Å². The fourth-order valence-electron chi connectivity index (χ4n) is 2.92. The number of likely N-dealkylation sites (tertiary alicyclic amines) is 1. The molecule has 0 spiro atoms. The molecule has 2 aliphatic rings. The summed E-state index contributed by atoms with van der Waals surface area (Å²) in [5.74, 6) is 1.10. The Bertz CT molecular complexity index is 636. The van der Waals surface area contributed by atoms with Gasteiger partial charge in [-0.1, -0.05) is 6.07 Å². The quantitative estimate of drug-likeness (QED) is 0.921. The third-order valence-corrected chi connectivity index (χ3v) is 4.21. The van der Waals surface area contributed by atoms with Crippen LogP contribution in [0.2, 0.25) is 0 Å². The van der Waals surface area contributed by atoms with Crippen LogP contribution in [0.4, 0.5) is 0 Å². The molecule has 1 atom stereocenters. The molecule has 124 valence electrons. The van der Waals surface area contributed by atoms with Crippen LogP contribution in [-0.2, 0) is 16.1 Å². The van der Waals surface area contributed by atoms with E-state index in [4.69, 9.17) is 9.47 Å². The fraction of sp³-hybridized carbons (Fsp3) is 0.529. The molecule has 6 heteroatoms. The predicted molar refractivity (Wildman–Crippen MR) is 84.0 cm³/mol. The Hall–Kier alpha value is -2.24. The Morgan fingerprint density at radius 1 is 1.30 bits per heavy atom. The van der Waals surface area contributed by atoms with Crippen molar-refractivity contribution >= 4 is 11.8 Å². The molecule has 1 fully saturated rings. The first-order valence-electron chi connectivity index (χ1n) is 7.81. The number of carbonyl (C=O) groups is 2. The van der Waals surface area contributed by atoms with Gasteiger partial charge in [-0.25, -0.2) is 0 Å². The maximum atomic E-state index is 12.3. The first kappa shape index (κ1) is 15.6. The summed E-state index contributed by atoms with van der Waals surface area (Å²) in [6, 6.07) is 5.60. The Balaban J connectivity index is 1.57. The van der Waals surface area contributed by atoms with Crippen molar-refractivity contribution in [3.8, 4) is 11.5 Å². The molecule has 6 nitrogen and oxygen atoms in total. The number of amides is 2. The number of nitrogens with one attached hydrogen (secondary N) is 1. The summed E-state index contributed by atoms with van der Waals surface area (Å²) in [7, 11) is 0. The molecule has 1 saturated heterocycles. The molecule has 0 bridgehead atoms. The zero-order chi connectivity index (χ0) is 16.6. The van der Waals surface area contributed by atoms with Crippen molar-refractivity contribution in [2.45, 2.75) is 39.3 Å². The topological polar surface area (TPSA) is 67.9 Å². The van der Waals surface area contributed by atoms with E-state index in [0.29, 0.717) is 18.8 Å². The van der Waals surface area contributed by atoms with Crippen LogP contribution in [0.3, 0.4) is 0 Å². The molecule has 0 radical (unpaired) electrons. The zero-order valence-corrected chi connectivity index (χ0v) is 13.7. The highest BCUT2D eigenvalue weighted by atomic mass is 16.7. The number of hydrogen-bond acceptors (Lipinski definition) is 4. The lowest BCUT2D eigenvalue weighted by Crippen LogP contribution is -2.43. The standard InChI is InChI=1S/C17H22N2O4/c1-17(2,3)19-9-12(7-15(19)20)16(21)18-8-11-4-5-13-14(6-11)23-10-22-13/h4-6,12H,7-10H2,1-3H3,(H,18,21). The minimum Gasteiger partial charge on any atom is -0.454 e. The molecule has 1 unspecified atom stereocenters. The molecule has 2 aliphatic heterocycles. The SMILES string of the molecule is CC(C)(C)N1CC(C(=O)NCc2ccc3c(c2)OCO3)CC1=O. The van der Waals surface area contributed by atoms with E-state index in [1.165, 1.54) is 0 Å². The fourth-order valence-corrected chi connectivity index (χ4v) is 2.92. The molecule has 2 amide bonds. The largest absolute Gasteiger partial charge is 0.454 e. The second-order valence-corrected chi connectivity index (χ2v) is 6.98. The number of fused-ring (bicyclic) bond motifs is 1. The number of nitrogens with zero attached hydrogens (tertiary/aromatic N) is 1. The lowest BCUT2D eigenvalue weighted by molar-refractivity contribution is -0.132. The average molecular weight is 318 g/mol. The van der Waals surface area contributed by atoms with E-state index < -0.39 is 0 Å². The summed E-state index contributed by atoms with van der Waals surface area (Å²) in [4.78, 5) is 26.2. The van der Waals surface area contributed by atoms with Crippen LogP contribution in [0.15, 0.2) is 18.2 Å². The molecule has 3 rings (SSSR count). The van der Waals surface area contributed by atoms with Gasteiger partial charge in [0, 0.05) is 25.0 Å². The van der Waals surface area contributed by atoms with Crippen LogP contribution in [-0.4, -0.2) is 35.6 Å². The van der Waals surface area contributed by atoms with Gasteiger partial charge in [0.15, 0.2) is 11.5 Å². The van der Waals surface area contributed by atoms with Gasteiger partial charge >= 0.3 is 0 Å². The van der Waals surface area contributed by atoms with Crippen molar-refractivity contribution < 1.29 is 19.1 Å². The monoisotopic (exact) mass is 318 g/mol. The number of rotatable bonds is 3. The highest BCUT2D eigenvalue weighted by molar-refractivity contribution is 5.89. The summed E-state index contributed by atoms with van der Waals surface area (Å²) >= 11 is 0. The third-order valence-electron chi connectivity index (χ3n) is 4.21. The van der Waals surface area contributed by atoms with Gasteiger partial charge in [-0.05, 0) is 38.5 Å². The molecular formula is C17H22N2O4. The normalized spacial score (nSPS) is 20.0. The van der Waals surface area contributed by atoms with Crippen molar-refractivity contribution in [2.75, 3.05) is 13.3 Å². The van der Waals surface area contributed by atoms with E-state index in [0.717, 1.165) is 11.3 Å². The first-order valence-corrected chi connectivity index (χ1v) is 7.81. The molecule has 0 saturated carbocycles. The molecule has 1 aromatic carbocycles. The van der Waals surface area contributed by atoms with Crippen molar-refractivity contribution in [1.29, 1.82) is 0 Å². The van der Waals surface area contributed by atoms with Gasteiger partial charge in [0.25, 0.3) is 0 Å². The predicted octanol–water partition coefficient (Wildman–Crippen LogP) is 1.68. The van der Waals surface area contributed by atoms with Crippen molar-refractivity contribution in [1.82, 2.24) is 10.2 Å². The Labute approximate surface area is 135 Å². The molecule has 1 N–H and O–H groups in total. The van der Waals surface area contributed by atoms with E-state index in [-0.39, 0.29) is 36.5 Å². The summed E-state index contributed by atoms with van der Waals surface area (Å²) in [5, 5.41) is 2.91. The third kappa shape index (κ3) is 3.25. The van der Waals surface area contributed by atoms with Crippen LogP contribution in [0.25, 0.3) is 0 Å². The van der Waals surface area contributed by atoms with Gasteiger partial charge in [0.2, 0.25) is 18.6 Å². The Morgan fingerprint density at radius 2 is 2.04 bits per heavy atom. The van der Waals surface area contributed by atoms with E-state index in [9.17, 15) is 9.59 Å². The van der Waals surface area contributed by atoms with E-state index in [1.807, 2.05) is 39.0 Å². The molecule has 23 heavy (non-hydrogen) atoms. The minimum absolute atomic E-state index is 0.0423. The molecule has 2 heterocycles. The second kappa shape index (κ2) is 5.76. The summed E-state index contributed by atoms with van der Waals surface area (Å²) in [6.45, 7) is 7.08. The van der Waals surface area contributed by atoms with Crippen LogP contribution >= 0.6 is 0 Å². The van der Waals surface area contributed by atoms with Crippen molar-refractivity contribution in [3.63, 3.8) is 0 Å². The number of hydrogen-bond donors (Lipinski definition) is 1. The van der Waals surface area contributed by atoms with E-state index in [2.05, 4.69) is 5.32 Å². The van der Waals surface area contributed by atoms with Crippen LogP contribution in [0.1, 0.15) is 32.8 Å². The smallest absolute Gasteiger partial charge is 0.231 e. The van der Waals surface area contributed by atoms with Crippen LogP contribution in [0.5, 0.6) is 11.5 Å². The van der Waals surface area contributed by atoms with Gasteiger partial charge in [-0.3, -0.25) is 9.59 Å². The maximum Gasteiger partial charge on any atom is 0.231 e. The summed E-state index contributed by atoms with van der Waals surface area (Å²) in [6.07, 6.45) is 0.282. The minimum atomic E-state index is -0.282. The Kier molecular flexibility index (Phi) is 3.92. The highest BCUT2D eigenvalue weighted by Crippen LogP contribution is 2.32. The van der Waals surface area contributed by atoms with Gasteiger partial charge < -0.3 is 19.7 Å². The lowest BCUT2D eigenvalue weighted by Gasteiger charge is -2.31. The molecular weight excluding hydrogens is 296 g/mol. The highest BCUT2D eigenvalue weighted by Gasteiger charge is 2.39. The van der Waals surface area contributed by atoms with Crippen molar-refractivity contribution in [3.05, 3.63) is 23.8 Å². The van der Waals surface area contributed by atoms with Gasteiger partial charge in [0.05, 0.1) is 5.92 Å². The zero-order valence-electron chi connectivity index (χ0n) is 13.7. The summed E-state index contributed by atoms with van der Waals surface area (Å²) in [5.41, 5.74) is 0.697. The maximum absolute atomic E-state index is 12.3. The molecule has 0 aromatic heterocycles. The van der Waals surface area contributed by atoms with E-state index >= 15 is 0 Å². The Morgan fingerprint density at radius 3 is 2.74 bits per heavy atom. The lowest BCUT2D eigenvalue weighted by atomic mass is 10.1. The van der Waals surface area contributed by atoms with Crippen LogP contribution < -0.4 is 14.8 Å². The average Bonchev–Trinajstić information content (AvgIpc) is 3.09. The molecule has 1 aromatic rings. The number of carbonyl (C=O) groups excluding carboxylic acids is 2. The molecule has 0 aliphatic carbocycles. The first-order chi connectivity index (χ1) is 10.8. The van der Waals surface area contributed by atoms with E-state index in [1.54, 1.807) is 4.90 Å². The van der Waals surface area contributed by atoms with Gasteiger partial charge in [0.1, 0.15) is 0 Å². The number of ether oxygens (including phenoxy) is 2. The summed E-state index contributed by atoms with van der Waals surface area (Å²) < 4.78 is 10.6. The van der Waals surface area contributed by atoms with Crippen molar-refractivity contribution in [2.24, 2.45) is 5.92 Å². The van der Waals surface area contributed by atoms with Gasteiger partial charge in [-0.15, -0.1) is 0 Å².